The minimum atomic E-state index is 0.323. The molecule has 0 bridgehead atoms. The van der Waals surface area contributed by atoms with Crippen molar-refractivity contribution in [3.8, 4) is 0 Å². The molecule has 2 heterocycles. The molecule has 3 atom stereocenters. The van der Waals surface area contributed by atoms with Gasteiger partial charge in [-0.3, -0.25) is 9.89 Å². The molecule has 0 radical (unpaired) electrons. The molecule has 1 aliphatic heterocycles. The van der Waals surface area contributed by atoms with E-state index in [-0.39, 0.29) is 0 Å². The van der Waals surface area contributed by atoms with Gasteiger partial charge in [-0.15, -0.1) is 11.3 Å². The number of rotatable bonds is 7. The van der Waals surface area contributed by atoms with E-state index in [1.165, 1.54) is 4.88 Å². The first kappa shape index (κ1) is 20.2. The highest BCUT2D eigenvalue weighted by atomic mass is 32.1. The van der Waals surface area contributed by atoms with E-state index in [1.807, 2.05) is 0 Å². The molecule has 142 valence electrons. The standard InChI is InChI=1S/C19H35N5S/c1-7-20-19(22-16-13-24(14(2)3)12-15(16)4)21-11-17(23(5)6)18-9-8-10-25-18/h8-10,14-17H,7,11-13H2,1-6H3,(H2,20,21,22). The second-order valence-electron chi connectivity index (χ2n) is 7.49. The molecule has 3 unspecified atom stereocenters. The first-order chi connectivity index (χ1) is 11.9. The van der Waals surface area contributed by atoms with E-state index < -0.39 is 0 Å². The van der Waals surface area contributed by atoms with Crippen molar-refractivity contribution in [1.82, 2.24) is 20.4 Å². The van der Waals surface area contributed by atoms with Gasteiger partial charge < -0.3 is 15.5 Å². The van der Waals surface area contributed by atoms with E-state index in [0.29, 0.717) is 24.0 Å². The predicted octanol–water partition coefficient (Wildman–Crippen LogP) is 2.63. The molecule has 1 fully saturated rings. The summed E-state index contributed by atoms with van der Waals surface area (Å²) in [7, 11) is 4.25. The molecule has 5 nitrogen and oxygen atoms in total. The van der Waals surface area contributed by atoms with E-state index in [0.717, 1.165) is 32.1 Å². The van der Waals surface area contributed by atoms with Crippen molar-refractivity contribution in [2.24, 2.45) is 10.9 Å². The van der Waals surface area contributed by atoms with Gasteiger partial charge in [0.2, 0.25) is 0 Å². The molecule has 2 N–H and O–H groups in total. The Morgan fingerprint density at radius 1 is 1.40 bits per heavy atom. The summed E-state index contributed by atoms with van der Waals surface area (Å²) in [4.78, 5) is 11.1. The molecule has 0 aliphatic carbocycles. The number of nitrogens with one attached hydrogen (secondary N) is 2. The van der Waals surface area contributed by atoms with Crippen LogP contribution in [0, 0.1) is 5.92 Å². The van der Waals surface area contributed by atoms with Crippen LogP contribution in [0.5, 0.6) is 0 Å². The van der Waals surface area contributed by atoms with E-state index in [2.05, 4.69) is 79.7 Å². The average molecular weight is 366 g/mol. The molecule has 1 aliphatic rings. The number of nitrogens with zero attached hydrogens (tertiary/aromatic N) is 3. The molecular weight excluding hydrogens is 330 g/mol. The fraction of sp³-hybridized carbons (Fsp3) is 0.737. The zero-order valence-corrected chi connectivity index (χ0v) is 17.4. The van der Waals surface area contributed by atoms with Gasteiger partial charge in [0.15, 0.2) is 5.96 Å². The topological polar surface area (TPSA) is 42.9 Å². The van der Waals surface area contributed by atoms with Gasteiger partial charge in [-0.1, -0.05) is 13.0 Å². The SMILES string of the molecule is CCNC(=NCC(c1cccs1)N(C)C)NC1CN(C(C)C)CC1C. The third-order valence-electron chi connectivity index (χ3n) is 4.95. The van der Waals surface area contributed by atoms with Gasteiger partial charge >= 0.3 is 0 Å². The van der Waals surface area contributed by atoms with Gasteiger partial charge in [-0.25, -0.2) is 0 Å². The second kappa shape index (κ2) is 9.55. The van der Waals surface area contributed by atoms with Gasteiger partial charge in [-0.2, -0.15) is 0 Å². The Morgan fingerprint density at radius 2 is 2.16 bits per heavy atom. The quantitative estimate of drug-likeness (QED) is 0.576. The van der Waals surface area contributed by atoms with Crippen LogP contribution in [0.1, 0.15) is 38.6 Å². The van der Waals surface area contributed by atoms with Crippen LogP contribution >= 0.6 is 11.3 Å². The molecule has 0 saturated carbocycles. The molecule has 0 amide bonds. The molecule has 0 aromatic carbocycles. The van der Waals surface area contributed by atoms with Crippen molar-refractivity contribution in [2.45, 2.75) is 45.8 Å². The fourth-order valence-electron chi connectivity index (χ4n) is 3.28. The largest absolute Gasteiger partial charge is 0.357 e. The zero-order valence-electron chi connectivity index (χ0n) is 16.6. The number of hydrogen-bond donors (Lipinski definition) is 2. The summed E-state index contributed by atoms with van der Waals surface area (Å²) in [6.07, 6.45) is 0. The highest BCUT2D eigenvalue weighted by molar-refractivity contribution is 7.10. The van der Waals surface area contributed by atoms with E-state index in [1.54, 1.807) is 11.3 Å². The lowest BCUT2D eigenvalue weighted by Crippen LogP contribution is -2.47. The first-order valence-corrected chi connectivity index (χ1v) is 10.3. The lowest BCUT2D eigenvalue weighted by molar-refractivity contribution is 0.265. The van der Waals surface area contributed by atoms with Gasteiger partial charge in [-0.05, 0) is 52.2 Å². The summed E-state index contributed by atoms with van der Waals surface area (Å²) in [5, 5.41) is 9.23. The van der Waals surface area contributed by atoms with Crippen molar-refractivity contribution in [2.75, 3.05) is 40.3 Å². The minimum Gasteiger partial charge on any atom is -0.357 e. The normalized spacial score (nSPS) is 23.4. The molecular formula is C19H35N5S. The number of guanidine groups is 1. The van der Waals surface area contributed by atoms with Crippen LogP contribution < -0.4 is 10.6 Å². The second-order valence-corrected chi connectivity index (χ2v) is 8.47. The molecule has 2 rings (SSSR count). The Hall–Kier alpha value is -1.11. The molecule has 1 aromatic heterocycles. The minimum absolute atomic E-state index is 0.323. The van der Waals surface area contributed by atoms with Crippen LogP contribution in [0.3, 0.4) is 0 Å². The first-order valence-electron chi connectivity index (χ1n) is 9.41. The van der Waals surface area contributed by atoms with Crippen LogP contribution in [0.2, 0.25) is 0 Å². The summed E-state index contributed by atoms with van der Waals surface area (Å²) in [5.41, 5.74) is 0. The summed E-state index contributed by atoms with van der Waals surface area (Å²) < 4.78 is 0. The lowest BCUT2D eigenvalue weighted by Gasteiger charge is -2.24. The van der Waals surface area contributed by atoms with Gasteiger partial charge in [0, 0.05) is 36.6 Å². The third-order valence-corrected chi connectivity index (χ3v) is 5.93. The number of thiophene rings is 1. The molecule has 1 saturated heterocycles. The Balaban J connectivity index is 2.02. The predicted molar refractivity (Wildman–Crippen MR) is 110 cm³/mol. The number of likely N-dealkylation sites (tertiary alicyclic amines) is 1. The van der Waals surface area contributed by atoms with Crippen LogP contribution in [0.15, 0.2) is 22.5 Å². The van der Waals surface area contributed by atoms with Crippen LogP contribution in [0.25, 0.3) is 0 Å². The average Bonchev–Trinajstić information content (AvgIpc) is 3.18. The maximum atomic E-state index is 4.90. The van der Waals surface area contributed by atoms with Crippen LogP contribution in [-0.4, -0.2) is 68.1 Å². The van der Waals surface area contributed by atoms with E-state index in [9.17, 15) is 0 Å². The van der Waals surface area contributed by atoms with Gasteiger partial charge in [0.05, 0.1) is 12.6 Å². The van der Waals surface area contributed by atoms with Gasteiger partial charge in [0.25, 0.3) is 0 Å². The molecule has 0 spiro atoms. The van der Waals surface area contributed by atoms with Crippen molar-refractivity contribution in [3.05, 3.63) is 22.4 Å². The van der Waals surface area contributed by atoms with E-state index >= 15 is 0 Å². The summed E-state index contributed by atoms with van der Waals surface area (Å²) in [6.45, 7) is 12.9. The smallest absolute Gasteiger partial charge is 0.191 e. The van der Waals surface area contributed by atoms with Crippen molar-refractivity contribution < 1.29 is 0 Å². The Kier molecular flexibility index (Phi) is 7.72. The number of hydrogen-bond acceptors (Lipinski definition) is 4. The fourth-order valence-corrected chi connectivity index (χ4v) is 4.19. The Labute approximate surface area is 157 Å². The highest BCUT2D eigenvalue weighted by Gasteiger charge is 2.31. The van der Waals surface area contributed by atoms with Crippen molar-refractivity contribution >= 4 is 17.3 Å². The third kappa shape index (κ3) is 5.69. The van der Waals surface area contributed by atoms with Crippen molar-refractivity contribution in [3.63, 3.8) is 0 Å². The lowest BCUT2D eigenvalue weighted by atomic mass is 10.1. The number of aliphatic imine (C=N–C) groups is 1. The summed E-state index contributed by atoms with van der Waals surface area (Å²) in [5.74, 6) is 1.57. The van der Waals surface area contributed by atoms with Crippen molar-refractivity contribution in [1.29, 1.82) is 0 Å². The maximum Gasteiger partial charge on any atom is 0.191 e. The molecule has 1 aromatic rings. The van der Waals surface area contributed by atoms with E-state index in [4.69, 9.17) is 4.99 Å². The Bertz CT molecular complexity index is 526. The van der Waals surface area contributed by atoms with Crippen LogP contribution in [0.4, 0.5) is 0 Å². The van der Waals surface area contributed by atoms with Crippen LogP contribution in [-0.2, 0) is 0 Å². The number of likely N-dealkylation sites (N-methyl/N-ethyl adjacent to an activating group) is 1. The summed E-state index contributed by atoms with van der Waals surface area (Å²) >= 11 is 1.80. The molecule has 25 heavy (non-hydrogen) atoms. The molecule has 6 heteroatoms. The highest BCUT2D eigenvalue weighted by Crippen LogP contribution is 2.23. The maximum absolute atomic E-state index is 4.90. The monoisotopic (exact) mass is 365 g/mol. The van der Waals surface area contributed by atoms with Gasteiger partial charge in [0.1, 0.15) is 0 Å². The summed E-state index contributed by atoms with van der Waals surface area (Å²) in [6, 6.07) is 5.70. The Morgan fingerprint density at radius 3 is 2.68 bits per heavy atom. The zero-order chi connectivity index (χ0) is 18.4.